The fraction of sp³-hybridized carbons (Fsp3) is 0.304. The highest BCUT2D eigenvalue weighted by Gasteiger charge is 2.42. The minimum absolute atomic E-state index is 0.103. The molecule has 2 N–H and O–H groups in total. The number of nitrogens with zero attached hydrogens (tertiary/aromatic N) is 3. The molecule has 31 heavy (non-hydrogen) atoms. The van der Waals surface area contributed by atoms with Crippen LogP contribution in [0.3, 0.4) is 0 Å². The molecule has 0 spiro atoms. The maximum absolute atomic E-state index is 13.2. The zero-order valence-electron chi connectivity index (χ0n) is 18.0. The lowest BCUT2D eigenvalue weighted by Crippen LogP contribution is -2.56. The van der Waals surface area contributed by atoms with Gasteiger partial charge in [0.15, 0.2) is 0 Å². The smallest absolute Gasteiger partial charge is 0.326 e. The molecule has 3 rings (SSSR count). The number of anilines is 1. The van der Waals surface area contributed by atoms with Gasteiger partial charge in [-0.15, -0.1) is 0 Å². The van der Waals surface area contributed by atoms with Crippen LogP contribution in [0.25, 0.3) is 10.6 Å². The van der Waals surface area contributed by atoms with Crippen molar-refractivity contribution in [1.29, 1.82) is 0 Å². The third-order valence-corrected chi connectivity index (χ3v) is 6.52. The van der Waals surface area contributed by atoms with Crippen LogP contribution in [0.15, 0.2) is 54.9 Å². The Hall–Kier alpha value is -3.10. The number of aromatic nitrogens is 2. The van der Waals surface area contributed by atoms with Crippen molar-refractivity contribution in [2.24, 2.45) is 11.7 Å². The highest BCUT2D eigenvalue weighted by Crippen LogP contribution is 2.34. The summed E-state index contributed by atoms with van der Waals surface area (Å²) in [6, 6.07) is 13.1. The minimum Gasteiger partial charge on any atom is -0.459 e. The van der Waals surface area contributed by atoms with Gasteiger partial charge < -0.3 is 15.4 Å². The van der Waals surface area contributed by atoms with E-state index in [1.54, 1.807) is 26.4 Å². The molecule has 2 atom stereocenters. The lowest BCUT2D eigenvalue weighted by Gasteiger charge is -2.31. The molecule has 0 saturated carbocycles. The lowest BCUT2D eigenvalue weighted by atomic mass is 9.87. The molecular weight excluding hydrogens is 412 g/mol. The van der Waals surface area contributed by atoms with Gasteiger partial charge in [0, 0.05) is 25.0 Å². The predicted octanol–water partition coefficient (Wildman–Crippen LogP) is 3.57. The van der Waals surface area contributed by atoms with Crippen LogP contribution in [0.2, 0.25) is 0 Å². The van der Waals surface area contributed by atoms with E-state index in [2.05, 4.69) is 9.97 Å². The number of ether oxygens (including phenoxy) is 1. The SMILES string of the molecule is Cc1nc(-c2cccnc2)sc1N(C)C(=O)[C@@H](C)C(C)(N)C(=O)OCc1ccccc1. The molecule has 1 aromatic carbocycles. The van der Waals surface area contributed by atoms with E-state index < -0.39 is 17.4 Å². The zero-order valence-corrected chi connectivity index (χ0v) is 18.8. The van der Waals surface area contributed by atoms with Gasteiger partial charge in [0.05, 0.1) is 11.6 Å². The molecule has 2 aromatic heterocycles. The Balaban J connectivity index is 1.72. The van der Waals surface area contributed by atoms with Gasteiger partial charge in [0.1, 0.15) is 22.2 Å². The molecule has 0 aliphatic rings. The quantitative estimate of drug-likeness (QED) is 0.566. The molecule has 0 aliphatic heterocycles. The van der Waals surface area contributed by atoms with Gasteiger partial charge in [-0.1, -0.05) is 48.6 Å². The molecule has 0 radical (unpaired) electrons. The number of aryl methyl sites for hydroxylation is 1. The van der Waals surface area contributed by atoms with Crippen molar-refractivity contribution < 1.29 is 14.3 Å². The number of carbonyl (C=O) groups excluding carboxylic acids is 2. The summed E-state index contributed by atoms with van der Waals surface area (Å²) < 4.78 is 5.38. The van der Waals surface area contributed by atoms with Crippen LogP contribution < -0.4 is 10.6 Å². The molecule has 0 saturated heterocycles. The largest absolute Gasteiger partial charge is 0.459 e. The van der Waals surface area contributed by atoms with E-state index in [0.29, 0.717) is 5.00 Å². The number of nitrogens with two attached hydrogens (primary N) is 1. The van der Waals surface area contributed by atoms with Gasteiger partial charge in [-0.05, 0) is 31.5 Å². The summed E-state index contributed by atoms with van der Waals surface area (Å²) in [7, 11) is 1.66. The molecule has 7 nitrogen and oxygen atoms in total. The molecule has 1 amide bonds. The van der Waals surface area contributed by atoms with Crippen LogP contribution in [0.1, 0.15) is 25.1 Å². The average molecular weight is 439 g/mol. The van der Waals surface area contributed by atoms with Crippen LogP contribution in [0.4, 0.5) is 5.00 Å². The maximum Gasteiger partial charge on any atom is 0.326 e. The second-order valence-corrected chi connectivity index (χ2v) is 8.59. The Labute approximate surface area is 185 Å². The van der Waals surface area contributed by atoms with Gasteiger partial charge in [-0.3, -0.25) is 14.6 Å². The molecule has 3 aromatic rings. The number of hydrogen-bond acceptors (Lipinski definition) is 7. The van der Waals surface area contributed by atoms with Crippen LogP contribution in [-0.2, 0) is 20.9 Å². The molecular formula is C23H26N4O3S. The van der Waals surface area contributed by atoms with Crippen molar-refractivity contribution >= 4 is 28.2 Å². The Kier molecular flexibility index (Phi) is 6.82. The Morgan fingerprint density at radius 3 is 2.58 bits per heavy atom. The Morgan fingerprint density at radius 1 is 1.23 bits per heavy atom. The first kappa shape index (κ1) is 22.6. The monoisotopic (exact) mass is 438 g/mol. The van der Waals surface area contributed by atoms with Gasteiger partial charge >= 0.3 is 5.97 Å². The summed E-state index contributed by atoms with van der Waals surface area (Å²) in [4.78, 5) is 36.0. The van der Waals surface area contributed by atoms with E-state index in [1.807, 2.05) is 49.4 Å². The van der Waals surface area contributed by atoms with Crippen LogP contribution in [0, 0.1) is 12.8 Å². The molecule has 8 heteroatoms. The average Bonchev–Trinajstić information content (AvgIpc) is 3.18. The summed E-state index contributed by atoms with van der Waals surface area (Å²) in [6.45, 7) is 5.11. The second-order valence-electron chi connectivity index (χ2n) is 7.61. The summed E-state index contributed by atoms with van der Waals surface area (Å²) in [5.74, 6) is -1.71. The number of thiazole rings is 1. The first-order chi connectivity index (χ1) is 14.7. The van der Waals surface area contributed by atoms with E-state index in [4.69, 9.17) is 10.5 Å². The highest BCUT2D eigenvalue weighted by atomic mass is 32.1. The van der Waals surface area contributed by atoms with E-state index in [-0.39, 0.29) is 12.5 Å². The zero-order chi connectivity index (χ0) is 22.6. The van der Waals surface area contributed by atoms with Crippen molar-refractivity contribution in [2.75, 3.05) is 11.9 Å². The Morgan fingerprint density at radius 2 is 1.94 bits per heavy atom. The molecule has 1 unspecified atom stereocenters. The molecule has 0 bridgehead atoms. The van der Waals surface area contributed by atoms with Crippen molar-refractivity contribution in [3.05, 3.63) is 66.1 Å². The number of carbonyl (C=O) groups is 2. The molecule has 0 fully saturated rings. The van der Waals surface area contributed by atoms with Crippen LogP contribution in [0.5, 0.6) is 0 Å². The van der Waals surface area contributed by atoms with E-state index in [9.17, 15) is 9.59 Å². The van der Waals surface area contributed by atoms with Gasteiger partial charge in [-0.2, -0.15) is 0 Å². The number of rotatable bonds is 7. The van der Waals surface area contributed by atoms with E-state index >= 15 is 0 Å². The van der Waals surface area contributed by atoms with E-state index in [0.717, 1.165) is 21.8 Å². The molecule has 0 aliphatic carbocycles. The molecule has 162 valence electrons. The predicted molar refractivity (Wildman–Crippen MR) is 121 cm³/mol. The summed E-state index contributed by atoms with van der Waals surface area (Å²) in [6.07, 6.45) is 3.42. The first-order valence-electron chi connectivity index (χ1n) is 9.87. The number of pyridine rings is 1. The third kappa shape index (κ3) is 4.98. The minimum atomic E-state index is -1.48. The van der Waals surface area contributed by atoms with Crippen molar-refractivity contribution in [3.8, 4) is 10.6 Å². The van der Waals surface area contributed by atoms with Gasteiger partial charge in [0.2, 0.25) is 5.91 Å². The lowest BCUT2D eigenvalue weighted by molar-refractivity contribution is -0.154. The van der Waals surface area contributed by atoms with Crippen LogP contribution >= 0.6 is 11.3 Å². The van der Waals surface area contributed by atoms with Crippen LogP contribution in [-0.4, -0.2) is 34.4 Å². The normalized spacial score (nSPS) is 13.8. The number of esters is 1. The Bertz CT molecular complexity index is 1050. The molecule has 2 heterocycles. The topological polar surface area (TPSA) is 98.4 Å². The maximum atomic E-state index is 13.2. The first-order valence-corrected chi connectivity index (χ1v) is 10.7. The van der Waals surface area contributed by atoms with Crippen molar-refractivity contribution in [2.45, 2.75) is 32.9 Å². The highest BCUT2D eigenvalue weighted by molar-refractivity contribution is 7.19. The van der Waals surface area contributed by atoms with Crippen molar-refractivity contribution in [3.63, 3.8) is 0 Å². The summed E-state index contributed by atoms with van der Waals surface area (Å²) >= 11 is 1.39. The third-order valence-electron chi connectivity index (χ3n) is 5.24. The van der Waals surface area contributed by atoms with Gasteiger partial charge in [-0.25, -0.2) is 4.98 Å². The summed E-state index contributed by atoms with van der Waals surface area (Å²) in [5.41, 5.74) is 7.25. The number of hydrogen-bond donors (Lipinski definition) is 1. The number of benzene rings is 1. The number of amides is 1. The van der Waals surface area contributed by atoms with E-state index in [1.165, 1.54) is 23.2 Å². The fourth-order valence-electron chi connectivity index (χ4n) is 3.01. The fourth-order valence-corrected chi connectivity index (χ4v) is 4.04. The van der Waals surface area contributed by atoms with Gasteiger partial charge in [0.25, 0.3) is 0 Å². The second kappa shape index (κ2) is 9.36. The standard InChI is InChI=1S/C23H26N4O3S/c1-15(23(3,24)22(29)30-14-17-9-6-5-7-10-17)20(28)27(4)21-16(2)26-19(31-21)18-11-8-12-25-13-18/h5-13,15H,14,24H2,1-4H3/t15-,23?/m1/s1. The van der Waals surface area contributed by atoms with Crippen molar-refractivity contribution in [1.82, 2.24) is 9.97 Å². The summed E-state index contributed by atoms with van der Waals surface area (Å²) in [5, 5.41) is 1.47.